The Morgan fingerprint density at radius 1 is 1.19 bits per heavy atom. The number of carbonyl (C=O) groups is 2. The molecule has 3 heterocycles. The number of benzene rings is 1. The van der Waals surface area contributed by atoms with Gasteiger partial charge in [-0.25, -0.2) is 9.59 Å². The molecule has 0 bridgehead atoms. The number of piperidine rings is 1. The summed E-state index contributed by atoms with van der Waals surface area (Å²) in [5.74, 6) is -2.96. The highest BCUT2D eigenvalue weighted by atomic mass is 16.4. The lowest BCUT2D eigenvalue weighted by Gasteiger charge is -2.31. The van der Waals surface area contributed by atoms with E-state index in [1.54, 1.807) is 0 Å². The number of aromatic amines is 2. The van der Waals surface area contributed by atoms with Crippen LogP contribution in [0.4, 0.5) is 0 Å². The van der Waals surface area contributed by atoms with Gasteiger partial charge in [0.15, 0.2) is 0 Å². The molecule has 0 spiro atoms. The number of hydrogen-bond donors (Lipinski definition) is 4. The summed E-state index contributed by atoms with van der Waals surface area (Å²) in [6.07, 6.45) is 6.90. The highest BCUT2D eigenvalue weighted by molar-refractivity contribution is 6.27. The van der Waals surface area contributed by atoms with Crippen LogP contribution in [0.25, 0.3) is 10.9 Å². The van der Waals surface area contributed by atoms with E-state index in [1.807, 2.05) is 0 Å². The molecule has 31 heavy (non-hydrogen) atoms. The summed E-state index contributed by atoms with van der Waals surface area (Å²) < 4.78 is 0. The second kappa shape index (κ2) is 10.3. The summed E-state index contributed by atoms with van der Waals surface area (Å²) in [6.45, 7) is 7.79. The molecular formula is C23H30N4O4. The Hall–Kier alpha value is -3.13. The van der Waals surface area contributed by atoms with Crippen molar-refractivity contribution < 1.29 is 19.8 Å². The molecule has 0 unspecified atom stereocenters. The van der Waals surface area contributed by atoms with E-state index in [2.05, 4.69) is 64.4 Å². The number of aryl methyl sites for hydroxylation is 2. The molecule has 4 rings (SSSR count). The van der Waals surface area contributed by atoms with Crippen LogP contribution in [0.5, 0.6) is 0 Å². The van der Waals surface area contributed by atoms with Gasteiger partial charge in [-0.2, -0.15) is 5.10 Å². The quantitative estimate of drug-likeness (QED) is 0.464. The van der Waals surface area contributed by atoms with Crippen LogP contribution in [0.2, 0.25) is 0 Å². The summed E-state index contributed by atoms with van der Waals surface area (Å²) in [4.78, 5) is 24.3. The Morgan fingerprint density at radius 3 is 2.48 bits per heavy atom. The number of H-pyrrole nitrogens is 2. The first-order valence-corrected chi connectivity index (χ1v) is 10.7. The molecule has 4 N–H and O–H groups in total. The van der Waals surface area contributed by atoms with Gasteiger partial charge in [0.2, 0.25) is 0 Å². The number of nitrogens with zero attached hydrogens (tertiary/aromatic N) is 2. The Kier molecular flexibility index (Phi) is 7.46. The fourth-order valence-electron chi connectivity index (χ4n) is 4.21. The van der Waals surface area contributed by atoms with E-state index in [-0.39, 0.29) is 0 Å². The van der Waals surface area contributed by atoms with Gasteiger partial charge in [0, 0.05) is 35.8 Å². The topological polar surface area (TPSA) is 122 Å². The fraction of sp³-hybridized carbons (Fsp3) is 0.435. The van der Waals surface area contributed by atoms with Crippen LogP contribution >= 0.6 is 0 Å². The lowest BCUT2D eigenvalue weighted by molar-refractivity contribution is -0.159. The summed E-state index contributed by atoms with van der Waals surface area (Å²) in [6, 6.07) is 8.89. The van der Waals surface area contributed by atoms with Crippen LogP contribution in [0, 0.1) is 6.92 Å². The van der Waals surface area contributed by atoms with Crippen LogP contribution in [0.1, 0.15) is 48.2 Å². The molecule has 0 aliphatic carbocycles. The number of nitrogens with one attached hydrogen (secondary N) is 2. The molecule has 8 heteroatoms. The zero-order valence-electron chi connectivity index (χ0n) is 18.0. The lowest BCUT2D eigenvalue weighted by atomic mass is 9.88. The van der Waals surface area contributed by atoms with E-state index in [9.17, 15) is 0 Å². The van der Waals surface area contributed by atoms with Crippen molar-refractivity contribution in [2.75, 3.05) is 19.6 Å². The van der Waals surface area contributed by atoms with Gasteiger partial charge in [-0.15, -0.1) is 0 Å². The SMILES string of the molecule is CCc1cccc2c(C3CCN(CCc4cc(C)[nH]n4)CC3)c[nH]c12.O=C(O)C(=O)O. The zero-order valence-corrected chi connectivity index (χ0v) is 18.0. The molecular weight excluding hydrogens is 396 g/mol. The number of fused-ring (bicyclic) bond motifs is 1. The van der Waals surface area contributed by atoms with Gasteiger partial charge in [-0.1, -0.05) is 25.1 Å². The van der Waals surface area contributed by atoms with Gasteiger partial charge < -0.3 is 20.1 Å². The average Bonchev–Trinajstić information content (AvgIpc) is 3.39. The van der Waals surface area contributed by atoms with Crippen molar-refractivity contribution >= 4 is 22.8 Å². The van der Waals surface area contributed by atoms with Crippen LogP contribution in [0.3, 0.4) is 0 Å². The monoisotopic (exact) mass is 426 g/mol. The Morgan fingerprint density at radius 2 is 1.90 bits per heavy atom. The van der Waals surface area contributed by atoms with Crippen LogP contribution in [-0.2, 0) is 22.4 Å². The van der Waals surface area contributed by atoms with Crippen LogP contribution < -0.4 is 0 Å². The number of likely N-dealkylation sites (tertiary alicyclic amines) is 1. The summed E-state index contributed by atoms with van der Waals surface area (Å²) >= 11 is 0. The number of aliphatic carboxylic acids is 2. The minimum absolute atomic E-state index is 0.685. The number of carboxylic acid groups (broad SMARTS) is 2. The van der Waals surface area contributed by atoms with Crippen LogP contribution in [0.15, 0.2) is 30.5 Å². The smallest absolute Gasteiger partial charge is 0.414 e. The number of rotatable bonds is 5. The largest absolute Gasteiger partial charge is 0.473 e. The van der Waals surface area contributed by atoms with Gasteiger partial charge in [-0.3, -0.25) is 5.10 Å². The maximum Gasteiger partial charge on any atom is 0.414 e. The molecule has 8 nitrogen and oxygen atoms in total. The minimum Gasteiger partial charge on any atom is -0.473 e. The van der Waals surface area contributed by atoms with E-state index in [4.69, 9.17) is 19.8 Å². The highest BCUT2D eigenvalue weighted by Gasteiger charge is 2.23. The number of hydrogen-bond acceptors (Lipinski definition) is 4. The Bertz CT molecular complexity index is 1020. The van der Waals surface area contributed by atoms with E-state index in [0.717, 1.165) is 25.1 Å². The lowest BCUT2D eigenvalue weighted by Crippen LogP contribution is -2.34. The van der Waals surface area contributed by atoms with E-state index >= 15 is 0 Å². The van der Waals surface area contributed by atoms with Gasteiger partial charge in [0.1, 0.15) is 0 Å². The molecule has 2 aromatic heterocycles. The third kappa shape index (κ3) is 5.73. The standard InChI is InChI=1S/C21H28N4.C2H2O4/c1-3-16-5-4-6-19-20(14-22-21(16)19)17-7-10-25(11-8-17)12-9-18-13-15(2)23-24-18;3-1(4)2(5)6/h4-6,13-14,17,22H,3,7-12H2,1-2H3,(H,23,24);(H,3,4)(H,5,6). The number of carboxylic acids is 2. The summed E-state index contributed by atoms with van der Waals surface area (Å²) in [5, 5.41) is 23.6. The van der Waals surface area contributed by atoms with Gasteiger partial charge in [0.25, 0.3) is 0 Å². The molecule has 3 aromatic rings. The fourth-order valence-corrected chi connectivity index (χ4v) is 4.21. The van der Waals surface area contributed by atoms with Gasteiger partial charge in [-0.05, 0) is 62.4 Å². The molecule has 1 aliphatic rings. The first kappa shape index (κ1) is 22.6. The maximum atomic E-state index is 9.10. The first-order chi connectivity index (χ1) is 14.9. The van der Waals surface area contributed by atoms with Crippen molar-refractivity contribution in [3.63, 3.8) is 0 Å². The van der Waals surface area contributed by atoms with E-state index in [1.165, 1.54) is 53.7 Å². The second-order valence-corrected chi connectivity index (χ2v) is 7.96. The van der Waals surface area contributed by atoms with E-state index < -0.39 is 11.9 Å². The third-order valence-corrected chi connectivity index (χ3v) is 5.87. The summed E-state index contributed by atoms with van der Waals surface area (Å²) in [5.41, 5.74) is 6.63. The molecule has 166 valence electrons. The molecule has 1 aliphatic heterocycles. The third-order valence-electron chi connectivity index (χ3n) is 5.87. The Balaban J connectivity index is 0.000000401. The van der Waals surface area contributed by atoms with Crippen LogP contribution in [-0.4, -0.2) is 61.9 Å². The van der Waals surface area contributed by atoms with Crippen molar-refractivity contribution in [2.24, 2.45) is 0 Å². The van der Waals surface area contributed by atoms with Crippen molar-refractivity contribution in [1.29, 1.82) is 0 Å². The summed E-state index contributed by atoms with van der Waals surface area (Å²) in [7, 11) is 0. The Labute approximate surface area is 181 Å². The molecule has 0 radical (unpaired) electrons. The molecule has 1 aromatic carbocycles. The van der Waals surface area contributed by atoms with Gasteiger partial charge >= 0.3 is 11.9 Å². The minimum atomic E-state index is -1.82. The van der Waals surface area contributed by atoms with Crippen molar-refractivity contribution in [1.82, 2.24) is 20.1 Å². The maximum absolute atomic E-state index is 9.10. The molecule has 0 atom stereocenters. The molecule has 0 saturated carbocycles. The molecule has 1 saturated heterocycles. The highest BCUT2D eigenvalue weighted by Crippen LogP contribution is 2.34. The molecule has 1 fully saturated rings. The average molecular weight is 427 g/mol. The normalized spacial score (nSPS) is 14.9. The predicted molar refractivity (Wildman–Crippen MR) is 118 cm³/mol. The second-order valence-electron chi connectivity index (χ2n) is 7.96. The van der Waals surface area contributed by atoms with Crippen molar-refractivity contribution in [3.8, 4) is 0 Å². The van der Waals surface area contributed by atoms with Gasteiger partial charge in [0.05, 0.1) is 5.69 Å². The number of para-hydroxylation sites is 1. The van der Waals surface area contributed by atoms with E-state index in [0.29, 0.717) is 5.92 Å². The zero-order chi connectivity index (χ0) is 22.4. The predicted octanol–water partition coefficient (Wildman–Crippen LogP) is 3.34. The molecule has 0 amide bonds. The van der Waals surface area contributed by atoms with Crippen molar-refractivity contribution in [3.05, 3.63) is 53.0 Å². The van der Waals surface area contributed by atoms with Crippen molar-refractivity contribution in [2.45, 2.75) is 45.4 Å². The first-order valence-electron chi connectivity index (χ1n) is 10.7. The number of aromatic nitrogens is 3.